The maximum Gasteiger partial charge on any atom is 0.327 e. The quantitative estimate of drug-likeness (QED) is 0.346. The topological polar surface area (TPSA) is 90.7 Å². The molecule has 2 aromatic carbocycles. The SMILES string of the molecule is CCOC(=O)Cn1ncc2c1CCCC2N(C)S(=O)(=O)c1ccc(Oc2ccc(F)c(Cl)c2)c(Cl)c1. The van der Waals surface area contributed by atoms with Gasteiger partial charge in [0.25, 0.3) is 0 Å². The Balaban J connectivity index is 1.56. The lowest BCUT2D eigenvalue weighted by Crippen LogP contribution is -2.33. The number of fused-ring (bicyclic) bond motifs is 1. The normalized spacial score (nSPS) is 15.6. The highest BCUT2D eigenvalue weighted by Gasteiger charge is 2.34. The molecule has 1 aliphatic rings. The van der Waals surface area contributed by atoms with Gasteiger partial charge in [-0.1, -0.05) is 23.2 Å². The van der Waals surface area contributed by atoms with Crippen molar-refractivity contribution in [2.24, 2.45) is 0 Å². The Morgan fingerprint density at radius 2 is 2.00 bits per heavy atom. The molecule has 0 spiro atoms. The molecule has 1 atom stereocenters. The van der Waals surface area contributed by atoms with Crippen LogP contribution in [-0.4, -0.2) is 42.1 Å². The Morgan fingerprint density at radius 3 is 2.69 bits per heavy atom. The number of halogens is 3. The van der Waals surface area contributed by atoms with Crippen LogP contribution in [0.5, 0.6) is 11.5 Å². The van der Waals surface area contributed by atoms with Crippen LogP contribution in [0.3, 0.4) is 0 Å². The van der Waals surface area contributed by atoms with Crippen LogP contribution in [-0.2, 0) is 32.5 Å². The molecular formula is C24H24Cl2FN3O5S. The summed E-state index contributed by atoms with van der Waals surface area (Å²) in [4.78, 5) is 11.9. The van der Waals surface area contributed by atoms with Gasteiger partial charge in [0, 0.05) is 24.4 Å². The van der Waals surface area contributed by atoms with E-state index in [0.717, 1.165) is 23.7 Å². The Labute approximate surface area is 218 Å². The van der Waals surface area contributed by atoms with Gasteiger partial charge in [-0.05, 0) is 56.5 Å². The van der Waals surface area contributed by atoms with Gasteiger partial charge in [-0.2, -0.15) is 9.40 Å². The second-order valence-corrected chi connectivity index (χ2v) is 11.0. The van der Waals surface area contributed by atoms with Crippen LogP contribution < -0.4 is 4.74 Å². The maximum atomic E-state index is 13.5. The fourth-order valence-electron chi connectivity index (χ4n) is 4.16. The molecule has 0 N–H and O–H groups in total. The summed E-state index contributed by atoms with van der Waals surface area (Å²) in [5.41, 5.74) is 1.58. The van der Waals surface area contributed by atoms with Gasteiger partial charge in [-0.25, -0.2) is 12.8 Å². The van der Waals surface area contributed by atoms with Crippen LogP contribution in [0.4, 0.5) is 4.39 Å². The van der Waals surface area contributed by atoms with E-state index < -0.39 is 27.9 Å². The number of esters is 1. The highest BCUT2D eigenvalue weighted by atomic mass is 35.5. The van der Waals surface area contributed by atoms with Gasteiger partial charge >= 0.3 is 5.97 Å². The number of carbonyl (C=O) groups is 1. The third-order valence-corrected chi connectivity index (χ3v) is 8.40. The van der Waals surface area contributed by atoms with Crippen molar-refractivity contribution in [2.75, 3.05) is 13.7 Å². The summed E-state index contributed by atoms with van der Waals surface area (Å²) < 4.78 is 53.9. The van der Waals surface area contributed by atoms with Crippen LogP contribution in [0, 0.1) is 5.82 Å². The fraction of sp³-hybridized carbons (Fsp3) is 0.333. The van der Waals surface area contributed by atoms with Crippen molar-refractivity contribution in [3.05, 3.63) is 69.7 Å². The van der Waals surface area contributed by atoms with E-state index in [-0.39, 0.29) is 39.6 Å². The average molecular weight is 556 g/mol. The first-order valence-electron chi connectivity index (χ1n) is 11.2. The fourth-order valence-corrected chi connectivity index (χ4v) is 6.01. The minimum atomic E-state index is -3.93. The molecule has 8 nitrogen and oxygen atoms in total. The maximum absolute atomic E-state index is 13.5. The second kappa shape index (κ2) is 10.8. The van der Waals surface area contributed by atoms with Crippen molar-refractivity contribution in [1.29, 1.82) is 0 Å². The zero-order valence-electron chi connectivity index (χ0n) is 19.6. The van der Waals surface area contributed by atoms with E-state index >= 15 is 0 Å². The molecule has 0 saturated carbocycles. The summed E-state index contributed by atoms with van der Waals surface area (Å²) in [7, 11) is -2.42. The highest BCUT2D eigenvalue weighted by molar-refractivity contribution is 7.89. The van der Waals surface area contributed by atoms with Gasteiger partial charge in [0.2, 0.25) is 10.0 Å². The number of benzene rings is 2. The lowest BCUT2D eigenvalue weighted by atomic mass is 9.93. The summed E-state index contributed by atoms with van der Waals surface area (Å²) in [6.07, 6.45) is 3.64. The lowest BCUT2D eigenvalue weighted by molar-refractivity contribution is -0.144. The van der Waals surface area contributed by atoms with E-state index in [1.54, 1.807) is 17.8 Å². The number of hydrogen-bond donors (Lipinski definition) is 0. The highest BCUT2D eigenvalue weighted by Crippen LogP contribution is 2.38. The number of hydrogen-bond acceptors (Lipinski definition) is 6. The summed E-state index contributed by atoms with van der Waals surface area (Å²) in [6, 6.07) is 7.53. The van der Waals surface area contributed by atoms with E-state index in [0.29, 0.717) is 12.8 Å². The molecule has 3 aromatic rings. The largest absolute Gasteiger partial charge is 0.465 e. The van der Waals surface area contributed by atoms with Crippen molar-refractivity contribution in [2.45, 2.75) is 43.7 Å². The zero-order chi connectivity index (χ0) is 26.0. The molecule has 0 saturated heterocycles. The van der Waals surface area contributed by atoms with E-state index in [1.807, 2.05) is 0 Å². The number of ether oxygens (including phenoxy) is 2. The first kappa shape index (κ1) is 26.4. The van der Waals surface area contributed by atoms with Crippen LogP contribution >= 0.6 is 23.2 Å². The average Bonchev–Trinajstić information content (AvgIpc) is 3.25. The summed E-state index contributed by atoms with van der Waals surface area (Å²) >= 11 is 12.1. The Morgan fingerprint density at radius 1 is 1.22 bits per heavy atom. The number of nitrogens with zero attached hydrogens (tertiary/aromatic N) is 3. The molecule has 0 radical (unpaired) electrons. The Kier molecular flexibility index (Phi) is 7.89. The molecule has 0 fully saturated rings. The first-order valence-corrected chi connectivity index (χ1v) is 13.4. The predicted molar refractivity (Wildman–Crippen MR) is 132 cm³/mol. The van der Waals surface area contributed by atoms with Gasteiger partial charge in [-0.15, -0.1) is 0 Å². The number of carbonyl (C=O) groups excluding carboxylic acids is 1. The van der Waals surface area contributed by atoms with Crippen molar-refractivity contribution < 1.29 is 27.1 Å². The molecule has 192 valence electrons. The van der Waals surface area contributed by atoms with Crippen molar-refractivity contribution in [3.8, 4) is 11.5 Å². The van der Waals surface area contributed by atoms with Crippen molar-refractivity contribution >= 4 is 39.2 Å². The molecule has 0 aliphatic heterocycles. The third-order valence-electron chi connectivity index (χ3n) is 5.95. The molecule has 1 heterocycles. The molecule has 1 aliphatic carbocycles. The number of sulfonamides is 1. The minimum absolute atomic E-state index is 0.00877. The van der Waals surface area contributed by atoms with Crippen molar-refractivity contribution in [3.63, 3.8) is 0 Å². The first-order chi connectivity index (χ1) is 17.1. The monoisotopic (exact) mass is 555 g/mol. The van der Waals surface area contributed by atoms with E-state index in [4.69, 9.17) is 32.7 Å². The Bertz CT molecular complexity index is 1400. The van der Waals surface area contributed by atoms with Crippen LogP contribution in [0.1, 0.15) is 37.1 Å². The molecule has 12 heteroatoms. The van der Waals surface area contributed by atoms with Gasteiger partial charge in [0.15, 0.2) is 0 Å². The predicted octanol–water partition coefficient (Wildman–Crippen LogP) is 5.38. The molecule has 1 unspecified atom stereocenters. The van der Waals surface area contributed by atoms with E-state index in [9.17, 15) is 17.6 Å². The molecule has 0 amide bonds. The van der Waals surface area contributed by atoms with Crippen molar-refractivity contribution in [1.82, 2.24) is 14.1 Å². The van der Waals surface area contributed by atoms with Crippen LogP contribution in [0.15, 0.2) is 47.5 Å². The number of aromatic nitrogens is 2. The zero-order valence-corrected chi connectivity index (χ0v) is 21.9. The standard InChI is InChI=1S/C24H24Cl2FN3O5S/c1-3-34-24(31)14-30-22-6-4-5-21(17(22)13-28-30)29(2)36(32,33)16-8-10-23(19(26)12-16)35-15-7-9-20(27)18(25)11-15/h7-13,21H,3-6,14H2,1-2H3. The van der Waals surface area contributed by atoms with Gasteiger partial charge in [0.05, 0.1) is 33.8 Å². The number of rotatable bonds is 8. The van der Waals surface area contributed by atoms with Crippen LogP contribution in [0.2, 0.25) is 10.0 Å². The second-order valence-electron chi connectivity index (χ2n) is 8.21. The molecule has 4 rings (SSSR count). The molecular weight excluding hydrogens is 532 g/mol. The van der Waals surface area contributed by atoms with E-state index in [2.05, 4.69) is 5.10 Å². The Hall–Kier alpha value is -2.66. The van der Waals surface area contributed by atoms with Gasteiger partial charge in [0.1, 0.15) is 23.9 Å². The van der Waals surface area contributed by atoms with Gasteiger partial charge < -0.3 is 9.47 Å². The molecule has 1 aromatic heterocycles. The molecule has 36 heavy (non-hydrogen) atoms. The third kappa shape index (κ3) is 5.36. The van der Waals surface area contributed by atoms with Gasteiger partial charge in [-0.3, -0.25) is 9.48 Å². The lowest BCUT2D eigenvalue weighted by Gasteiger charge is -2.31. The summed E-state index contributed by atoms with van der Waals surface area (Å²) in [5, 5.41) is 4.27. The van der Waals surface area contributed by atoms with E-state index in [1.165, 1.54) is 41.7 Å². The minimum Gasteiger partial charge on any atom is -0.465 e. The smallest absolute Gasteiger partial charge is 0.327 e. The summed E-state index contributed by atoms with van der Waals surface area (Å²) in [5.74, 6) is -0.532. The van der Waals surface area contributed by atoms with Crippen LogP contribution in [0.25, 0.3) is 0 Å². The summed E-state index contributed by atoms with van der Waals surface area (Å²) in [6.45, 7) is 1.98. The molecule has 0 bridgehead atoms.